The summed E-state index contributed by atoms with van der Waals surface area (Å²) in [6.45, 7) is 7.98. The van der Waals surface area contributed by atoms with Crippen molar-refractivity contribution in [2.45, 2.75) is 52.1 Å². The molecule has 0 aliphatic carbocycles. The topological polar surface area (TPSA) is 42.4 Å². The summed E-state index contributed by atoms with van der Waals surface area (Å²) >= 11 is 1.77. The average molecular weight is 407 g/mol. The lowest BCUT2D eigenvalue weighted by molar-refractivity contribution is 0.0230. The Bertz CT molecular complexity index is 1110. The van der Waals surface area contributed by atoms with Gasteiger partial charge in [0.25, 0.3) is 0 Å². The Morgan fingerprint density at radius 1 is 1.17 bits per heavy atom. The van der Waals surface area contributed by atoms with Crippen LogP contribution in [0, 0.1) is 13.8 Å². The average Bonchev–Trinajstić information content (AvgIpc) is 3.10. The van der Waals surface area contributed by atoms with Crippen LogP contribution in [0.4, 0.5) is 5.13 Å². The molecule has 150 valence electrons. The number of benzene rings is 2. The van der Waals surface area contributed by atoms with Crippen molar-refractivity contribution in [3.8, 4) is 5.75 Å². The van der Waals surface area contributed by atoms with E-state index >= 15 is 0 Å². The van der Waals surface area contributed by atoms with Gasteiger partial charge in [0.05, 0.1) is 22.2 Å². The number of ketones is 1. The number of hydrogen-bond donors (Lipinski definition) is 0. The number of aromatic nitrogens is 1. The van der Waals surface area contributed by atoms with Gasteiger partial charge in [-0.2, -0.15) is 0 Å². The van der Waals surface area contributed by atoms with Gasteiger partial charge in [-0.3, -0.25) is 4.79 Å². The second-order valence-electron chi connectivity index (χ2n) is 8.48. The van der Waals surface area contributed by atoms with Crippen LogP contribution in [0.5, 0.6) is 5.75 Å². The first-order chi connectivity index (χ1) is 14.0. The highest BCUT2D eigenvalue weighted by atomic mass is 32.1. The molecule has 0 amide bonds. The molecule has 0 unspecified atom stereocenters. The predicted octanol–water partition coefficient (Wildman–Crippen LogP) is 5.48. The minimum absolute atomic E-state index is 0.226. The molecular weight excluding hydrogens is 380 g/mol. The van der Waals surface area contributed by atoms with E-state index in [1.54, 1.807) is 11.3 Å². The minimum Gasteiger partial charge on any atom is -0.486 e. The minimum atomic E-state index is -0.368. The summed E-state index contributed by atoms with van der Waals surface area (Å²) in [5.74, 6) is 1.00. The van der Waals surface area contributed by atoms with Gasteiger partial charge in [-0.25, -0.2) is 4.98 Å². The quantitative estimate of drug-likeness (QED) is 0.565. The van der Waals surface area contributed by atoms with E-state index in [9.17, 15) is 4.79 Å². The number of Topliss-reactive ketones (excluding diaryl/α,β-unsaturated/α-hetero) is 1. The Morgan fingerprint density at radius 2 is 1.97 bits per heavy atom. The molecule has 3 aromatic rings. The molecule has 5 heteroatoms. The lowest BCUT2D eigenvalue weighted by Crippen LogP contribution is -2.51. The normalized spacial score (nSPS) is 18.2. The summed E-state index contributed by atoms with van der Waals surface area (Å²) in [5, 5.41) is 1.08. The second-order valence-corrected chi connectivity index (χ2v) is 9.49. The molecule has 2 aliphatic heterocycles. The Kier molecular flexibility index (Phi) is 4.39. The fourth-order valence-electron chi connectivity index (χ4n) is 4.71. The number of thiazole rings is 1. The van der Waals surface area contributed by atoms with Crippen molar-refractivity contribution < 1.29 is 9.53 Å². The van der Waals surface area contributed by atoms with Crippen LogP contribution < -0.4 is 9.64 Å². The first-order valence-electron chi connectivity index (χ1n) is 10.4. The molecule has 0 N–H and O–H groups in total. The van der Waals surface area contributed by atoms with Gasteiger partial charge in [-0.05, 0) is 55.2 Å². The molecule has 4 nitrogen and oxygen atoms in total. The number of rotatable bonds is 2. The summed E-state index contributed by atoms with van der Waals surface area (Å²) < 4.78 is 7.75. The van der Waals surface area contributed by atoms with E-state index in [-0.39, 0.29) is 11.4 Å². The van der Waals surface area contributed by atoms with Crippen molar-refractivity contribution in [2.24, 2.45) is 0 Å². The largest absolute Gasteiger partial charge is 0.486 e. The highest BCUT2D eigenvalue weighted by Gasteiger charge is 2.43. The Balaban J connectivity index is 1.37. The molecule has 2 aromatic carbocycles. The smallest absolute Gasteiger partial charge is 0.186 e. The van der Waals surface area contributed by atoms with Crippen LogP contribution in [-0.2, 0) is 6.42 Å². The lowest BCUT2D eigenvalue weighted by Gasteiger charge is -2.44. The van der Waals surface area contributed by atoms with Crippen molar-refractivity contribution >= 4 is 32.5 Å². The summed E-state index contributed by atoms with van der Waals surface area (Å²) in [4.78, 5) is 20.1. The van der Waals surface area contributed by atoms with Crippen LogP contribution in [0.3, 0.4) is 0 Å². The molecule has 0 bridgehead atoms. The SMILES string of the molecule is CCc1ccc2nc(N3CCC4(CC3)CC(=O)c3c(C)cc(C)cc3O4)sc2c1. The fraction of sp³-hybridized carbons (Fsp3) is 0.417. The van der Waals surface area contributed by atoms with Crippen molar-refractivity contribution in [1.29, 1.82) is 0 Å². The number of nitrogens with zero attached hydrogens (tertiary/aromatic N) is 2. The maximum Gasteiger partial charge on any atom is 0.186 e. The Hall–Kier alpha value is -2.40. The Morgan fingerprint density at radius 3 is 2.72 bits per heavy atom. The zero-order valence-corrected chi connectivity index (χ0v) is 18.1. The monoisotopic (exact) mass is 406 g/mol. The third kappa shape index (κ3) is 3.21. The number of carbonyl (C=O) groups excluding carboxylic acids is 1. The zero-order valence-electron chi connectivity index (χ0n) is 17.2. The third-order valence-corrected chi connectivity index (χ3v) is 7.41. The van der Waals surface area contributed by atoms with Crippen LogP contribution in [0.2, 0.25) is 0 Å². The van der Waals surface area contributed by atoms with E-state index < -0.39 is 0 Å². The van der Waals surface area contributed by atoms with Gasteiger partial charge in [0.2, 0.25) is 0 Å². The molecule has 0 radical (unpaired) electrons. The molecule has 0 saturated carbocycles. The molecular formula is C24H26N2O2S. The number of fused-ring (bicyclic) bond motifs is 2. The number of hydrogen-bond acceptors (Lipinski definition) is 5. The van der Waals surface area contributed by atoms with Gasteiger partial charge in [0.15, 0.2) is 10.9 Å². The predicted molar refractivity (Wildman–Crippen MR) is 119 cm³/mol. The highest BCUT2D eigenvalue weighted by molar-refractivity contribution is 7.22. The maximum atomic E-state index is 12.9. The standard InChI is InChI=1S/C24H26N2O2S/c1-4-17-5-6-18-21(13-17)29-23(25-18)26-9-7-24(8-10-26)14-19(27)22-16(3)11-15(2)12-20(22)28-24/h5-6,11-13H,4,7-10,14H2,1-3H3. The molecule has 0 atom stereocenters. The maximum absolute atomic E-state index is 12.9. The number of ether oxygens (including phenoxy) is 1. The number of piperidine rings is 1. The van der Waals surface area contributed by atoms with Crippen LogP contribution in [0.15, 0.2) is 30.3 Å². The van der Waals surface area contributed by atoms with Crippen LogP contribution in [0.1, 0.15) is 53.2 Å². The van der Waals surface area contributed by atoms with E-state index in [0.29, 0.717) is 6.42 Å². The Labute approximate surface area is 175 Å². The second kappa shape index (κ2) is 6.84. The number of aryl methyl sites for hydroxylation is 3. The lowest BCUT2D eigenvalue weighted by atomic mass is 9.81. The molecule has 1 fully saturated rings. The molecule has 29 heavy (non-hydrogen) atoms. The summed E-state index contributed by atoms with van der Waals surface area (Å²) in [6.07, 6.45) is 3.22. The molecule has 1 spiro atoms. The molecule has 1 aromatic heterocycles. The number of anilines is 1. The van der Waals surface area contributed by atoms with Gasteiger partial charge < -0.3 is 9.64 Å². The highest BCUT2D eigenvalue weighted by Crippen LogP contribution is 2.42. The van der Waals surface area contributed by atoms with Gasteiger partial charge >= 0.3 is 0 Å². The van der Waals surface area contributed by atoms with E-state index in [0.717, 1.165) is 65.4 Å². The zero-order chi connectivity index (χ0) is 20.2. The third-order valence-electron chi connectivity index (χ3n) is 6.33. The van der Waals surface area contributed by atoms with Crippen LogP contribution in [-0.4, -0.2) is 29.5 Å². The first kappa shape index (κ1) is 18.6. The van der Waals surface area contributed by atoms with Gasteiger partial charge in [0.1, 0.15) is 11.4 Å². The van der Waals surface area contributed by atoms with Gasteiger partial charge in [0, 0.05) is 25.9 Å². The molecule has 5 rings (SSSR count). The van der Waals surface area contributed by atoms with E-state index in [4.69, 9.17) is 9.72 Å². The van der Waals surface area contributed by atoms with Crippen LogP contribution >= 0.6 is 11.3 Å². The van der Waals surface area contributed by atoms with E-state index in [1.807, 2.05) is 13.0 Å². The van der Waals surface area contributed by atoms with Crippen molar-refractivity contribution in [1.82, 2.24) is 4.98 Å². The van der Waals surface area contributed by atoms with E-state index in [1.165, 1.54) is 10.3 Å². The fourth-order valence-corrected chi connectivity index (χ4v) is 5.79. The van der Waals surface area contributed by atoms with Crippen LogP contribution in [0.25, 0.3) is 10.2 Å². The van der Waals surface area contributed by atoms with Crippen molar-refractivity contribution in [3.05, 3.63) is 52.6 Å². The summed E-state index contributed by atoms with van der Waals surface area (Å²) in [7, 11) is 0. The molecule has 2 aliphatic rings. The molecule has 1 saturated heterocycles. The summed E-state index contributed by atoms with van der Waals surface area (Å²) in [6, 6.07) is 10.6. The first-order valence-corrected chi connectivity index (χ1v) is 11.3. The summed E-state index contributed by atoms with van der Waals surface area (Å²) in [5.41, 5.74) is 5.01. The number of carbonyl (C=O) groups is 1. The van der Waals surface area contributed by atoms with Gasteiger partial charge in [-0.1, -0.05) is 30.4 Å². The van der Waals surface area contributed by atoms with Crippen molar-refractivity contribution in [3.63, 3.8) is 0 Å². The van der Waals surface area contributed by atoms with Gasteiger partial charge in [-0.15, -0.1) is 0 Å². The van der Waals surface area contributed by atoms with E-state index in [2.05, 4.69) is 43.0 Å². The molecule has 3 heterocycles. The van der Waals surface area contributed by atoms with Crippen molar-refractivity contribution in [2.75, 3.05) is 18.0 Å².